The second-order valence-electron chi connectivity index (χ2n) is 3.64. The van der Waals surface area contributed by atoms with Gasteiger partial charge in [-0.15, -0.1) is 0 Å². The van der Waals surface area contributed by atoms with Gasteiger partial charge in [0, 0.05) is 23.8 Å². The number of rotatable bonds is 3. The molecule has 0 bridgehead atoms. The van der Waals surface area contributed by atoms with Crippen molar-refractivity contribution >= 4 is 35.1 Å². The molecule has 2 amide bonds. The maximum absolute atomic E-state index is 11.5. The van der Waals surface area contributed by atoms with Crippen LogP contribution in [0, 0.1) is 0 Å². The zero-order valence-electron chi connectivity index (χ0n) is 9.68. The Hall–Kier alpha value is -2.34. The van der Waals surface area contributed by atoms with Gasteiger partial charge in [-0.25, -0.2) is 4.90 Å². The van der Waals surface area contributed by atoms with E-state index in [0.717, 1.165) is 23.1 Å². The molecule has 1 aromatic rings. The van der Waals surface area contributed by atoms with Gasteiger partial charge < -0.3 is 14.6 Å². The monoisotopic (exact) mass is 280 g/mol. The van der Waals surface area contributed by atoms with E-state index in [1.54, 1.807) is 0 Å². The zero-order valence-corrected chi connectivity index (χ0v) is 10.4. The number of nitrogens with zero attached hydrogens (tertiary/aromatic N) is 1. The molecule has 98 valence electrons. The summed E-state index contributed by atoms with van der Waals surface area (Å²) in [7, 11) is 1.26. The molecule has 0 atom stereocenters. The quantitative estimate of drug-likeness (QED) is 0.735. The molecule has 0 radical (unpaired) electrons. The molecular formula is C12H7ClNO5-. The first-order valence-electron chi connectivity index (χ1n) is 5.10. The van der Waals surface area contributed by atoms with Gasteiger partial charge in [-0.2, -0.15) is 0 Å². The zero-order chi connectivity index (χ0) is 14.2. The van der Waals surface area contributed by atoms with E-state index in [1.165, 1.54) is 13.2 Å². The van der Waals surface area contributed by atoms with Gasteiger partial charge in [-0.05, 0) is 6.07 Å². The van der Waals surface area contributed by atoms with Crippen molar-refractivity contribution in [1.29, 1.82) is 0 Å². The number of carbonyl (C=O) groups excluding carboxylic acids is 3. The maximum Gasteiger partial charge on any atom is 0.258 e. The number of ether oxygens (including phenoxy) is 1. The van der Waals surface area contributed by atoms with Crippen LogP contribution in [0.1, 0.15) is 10.4 Å². The average Bonchev–Trinajstić information content (AvgIpc) is 2.69. The van der Waals surface area contributed by atoms with E-state index in [9.17, 15) is 19.5 Å². The van der Waals surface area contributed by atoms with Gasteiger partial charge in [0.05, 0.1) is 23.8 Å². The molecule has 7 heteroatoms. The standard InChI is InChI=1S/C12H8ClNO5/c1-19-9-5-8(7(13)4-6(9)12(17)18)14-10(15)2-3-11(14)16/h2-5H,1H3,(H,17,18)/p-1. The van der Waals surface area contributed by atoms with Crippen LogP contribution >= 0.6 is 11.6 Å². The van der Waals surface area contributed by atoms with Gasteiger partial charge in [0.1, 0.15) is 5.75 Å². The molecule has 19 heavy (non-hydrogen) atoms. The van der Waals surface area contributed by atoms with Crippen LogP contribution in [0.15, 0.2) is 24.3 Å². The molecule has 0 saturated carbocycles. The van der Waals surface area contributed by atoms with Gasteiger partial charge in [0.25, 0.3) is 11.8 Å². The highest BCUT2D eigenvalue weighted by Gasteiger charge is 2.28. The predicted octanol–water partition coefficient (Wildman–Crippen LogP) is 0.141. The van der Waals surface area contributed by atoms with Gasteiger partial charge in [-0.1, -0.05) is 11.6 Å². The van der Waals surface area contributed by atoms with E-state index in [1.807, 2.05) is 0 Å². The molecule has 0 aromatic heterocycles. The Bertz CT molecular complexity index is 605. The highest BCUT2D eigenvalue weighted by molar-refractivity contribution is 6.37. The topological polar surface area (TPSA) is 86.7 Å². The molecule has 0 saturated heterocycles. The molecule has 1 aliphatic heterocycles. The molecule has 1 aromatic carbocycles. The number of carboxylic acids is 1. The van der Waals surface area contributed by atoms with Crippen molar-refractivity contribution in [1.82, 2.24) is 0 Å². The molecule has 1 aliphatic rings. The summed E-state index contributed by atoms with van der Waals surface area (Å²) in [6, 6.07) is 2.28. The minimum atomic E-state index is -1.47. The van der Waals surface area contributed by atoms with Crippen LogP contribution < -0.4 is 14.7 Å². The third-order valence-electron chi connectivity index (χ3n) is 2.54. The number of carboxylic acid groups (broad SMARTS) is 1. The SMILES string of the molecule is COc1cc(N2C(=O)C=CC2=O)c(Cl)cc1C(=O)[O-]. The first kappa shape index (κ1) is 13.1. The smallest absolute Gasteiger partial charge is 0.258 e. The Morgan fingerprint density at radius 1 is 1.26 bits per heavy atom. The van der Waals surface area contributed by atoms with Crippen molar-refractivity contribution < 1.29 is 24.2 Å². The summed E-state index contributed by atoms with van der Waals surface area (Å²) in [5.74, 6) is -2.64. The Morgan fingerprint density at radius 3 is 2.32 bits per heavy atom. The fourth-order valence-electron chi connectivity index (χ4n) is 1.68. The van der Waals surface area contributed by atoms with Gasteiger partial charge in [-0.3, -0.25) is 9.59 Å². The van der Waals surface area contributed by atoms with Crippen molar-refractivity contribution in [3.63, 3.8) is 0 Å². The first-order valence-corrected chi connectivity index (χ1v) is 5.48. The number of carbonyl (C=O) groups is 3. The summed E-state index contributed by atoms with van der Waals surface area (Å²) >= 11 is 5.89. The summed E-state index contributed by atoms with van der Waals surface area (Å²) in [5.41, 5.74) is -0.202. The van der Waals surface area contributed by atoms with E-state index in [-0.39, 0.29) is 22.0 Å². The van der Waals surface area contributed by atoms with E-state index in [0.29, 0.717) is 0 Å². The van der Waals surface area contributed by atoms with Crippen LogP contribution in [0.2, 0.25) is 5.02 Å². The van der Waals surface area contributed by atoms with E-state index in [2.05, 4.69) is 0 Å². The molecule has 0 spiro atoms. The Kier molecular flexibility index (Phi) is 3.26. The Balaban J connectivity index is 2.57. The Labute approximate surface area is 112 Å². The highest BCUT2D eigenvalue weighted by atomic mass is 35.5. The lowest BCUT2D eigenvalue weighted by atomic mass is 10.1. The molecule has 1 heterocycles. The van der Waals surface area contributed by atoms with E-state index >= 15 is 0 Å². The fraction of sp³-hybridized carbons (Fsp3) is 0.0833. The van der Waals surface area contributed by atoms with Crippen LogP contribution in [0.25, 0.3) is 0 Å². The number of amides is 2. The molecular weight excluding hydrogens is 274 g/mol. The normalized spacial score (nSPS) is 14.1. The summed E-state index contributed by atoms with van der Waals surface area (Å²) in [5, 5.41) is 10.8. The minimum absolute atomic E-state index is 0.0492. The molecule has 2 rings (SSSR count). The summed E-state index contributed by atoms with van der Waals surface area (Å²) in [6.45, 7) is 0. The average molecular weight is 281 g/mol. The van der Waals surface area contributed by atoms with Crippen molar-refractivity contribution in [2.24, 2.45) is 0 Å². The van der Waals surface area contributed by atoms with Crippen molar-refractivity contribution in [2.45, 2.75) is 0 Å². The van der Waals surface area contributed by atoms with E-state index < -0.39 is 17.8 Å². The fourth-order valence-corrected chi connectivity index (χ4v) is 1.93. The third-order valence-corrected chi connectivity index (χ3v) is 2.84. The number of benzene rings is 1. The third kappa shape index (κ3) is 2.17. The number of halogens is 1. The lowest BCUT2D eigenvalue weighted by molar-refractivity contribution is -0.255. The molecule has 0 fully saturated rings. The summed E-state index contributed by atoms with van der Waals surface area (Å²) in [4.78, 5) is 34.8. The molecule has 0 N–H and O–H groups in total. The van der Waals surface area contributed by atoms with Crippen LogP contribution in [0.3, 0.4) is 0 Å². The Morgan fingerprint density at radius 2 is 1.84 bits per heavy atom. The van der Waals surface area contributed by atoms with Gasteiger partial charge >= 0.3 is 0 Å². The highest BCUT2D eigenvalue weighted by Crippen LogP contribution is 2.34. The number of hydrogen-bond donors (Lipinski definition) is 0. The molecule has 0 unspecified atom stereocenters. The summed E-state index contributed by atoms with van der Waals surface area (Å²) in [6.07, 6.45) is 2.19. The van der Waals surface area contributed by atoms with Crippen molar-refractivity contribution in [3.8, 4) is 5.75 Å². The molecule has 6 nitrogen and oxygen atoms in total. The van der Waals surface area contributed by atoms with Crippen LogP contribution in [-0.4, -0.2) is 24.9 Å². The predicted molar refractivity (Wildman–Crippen MR) is 64.0 cm³/mol. The second-order valence-corrected chi connectivity index (χ2v) is 4.04. The van der Waals surface area contributed by atoms with Gasteiger partial charge in [0.2, 0.25) is 0 Å². The lowest BCUT2D eigenvalue weighted by Gasteiger charge is -2.18. The van der Waals surface area contributed by atoms with Gasteiger partial charge in [0.15, 0.2) is 0 Å². The van der Waals surface area contributed by atoms with E-state index in [4.69, 9.17) is 16.3 Å². The maximum atomic E-state index is 11.5. The number of aromatic carboxylic acids is 1. The van der Waals surface area contributed by atoms with Crippen LogP contribution in [0.4, 0.5) is 5.69 Å². The van der Waals surface area contributed by atoms with Crippen molar-refractivity contribution in [3.05, 3.63) is 34.9 Å². The number of imide groups is 1. The lowest BCUT2D eigenvalue weighted by Crippen LogP contribution is -2.30. The number of methoxy groups -OCH3 is 1. The number of hydrogen-bond acceptors (Lipinski definition) is 5. The first-order chi connectivity index (χ1) is 8.95. The van der Waals surface area contributed by atoms with Crippen LogP contribution in [-0.2, 0) is 9.59 Å². The van der Waals surface area contributed by atoms with Crippen LogP contribution in [0.5, 0.6) is 5.75 Å². The number of anilines is 1. The van der Waals surface area contributed by atoms with Crippen molar-refractivity contribution in [2.75, 3.05) is 12.0 Å². The second kappa shape index (κ2) is 4.74. The molecule has 0 aliphatic carbocycles. The summed E-state index contributed by atoms with van der Waals surface area (Å²) < 4.78 is 4.88. The largest absolute Gasteiger partial charge is 0.545 e. The minimum Gasteiger partial charge on any atom is -0.545 e.